The Morgan fingerprint density at radius 3 is 2.56 bits per heavy atom. The molecule has 1 aliphatic heterocycles. The van der Waals surface area contributed by atoms with Crippen LogP contribution < -0.4 is 15.5 Å². The van der Waals surface area contributed by atoms with Gasteiger partial charge >= 0.3 is 0 Å². The first-order chi connectivity index (χ1) is 8.62. The fourth-order valence-corrected chi connectivity index (χ4v) is 1.97. The van der Waals surface area contributed by atoms with Gasteiger partial charge in [-0.2, -0.15) is 0 Å². The fraction of sp³-hybridized carbons (Fsp3) is 0.400. The van der Waals surface area contributed by atoms with Crippen LogP contribution in [0.15, 0.2) is 11.2 Å². The highest BCUT2D eigenvalue weighted by atomic mass is 32.2. The van der Waals surface area contributed by atoms with E-state index in [1.807, 2.05) is 6.26 Å². The zero-order valence-corrected chi connectivity index (χ0v) is 10.9. The lowest BCUT2D eigenvalue weighted by Crippen LogP contribution is -2.51. The van der Waals surface area contributed by atoms with Gasteiger partial charge in [0, 0.05) is 13.1 Å². The van der Waals surface area contributed by atoms with Crippen LogP contribution in [0.4, 0.5) is 11.6 Å². The highest BCUT2D eigenvalue weighted by molar-refractivity contribution is 7.98. The topological polar surface area (TPSA) is 87.2 Å². The third-order valence-corrected chi connectivity index (χ3v) is 2.95. The number of piperazine rings is 1. The van der Waals surface area contributed by atoms with Gasteiger partial charge in [0.05, 0.1) is 13.1 Å². The molecule has 0 spiro atoms. The van der Waals surface area contributed by atoms with Crippen LogP contribution >= 0.6 is 11.8 Å². The number of aromatic nitrogens is 2. The average Bonchev–Trinajstić information content (AvgIpc) is 2.37. The number of rotatable bonds is 3. The quantitative estimate of drug-likeness (QED) is 0.442. The normalized spacial score (nSPS) is 15.6. The molecule has 1 saturated heterocycles. The first kappa shape index (κ1) is 12.6. The molecule has 0 atom stereocenters. The molecule has 1 aromatic rings. The van der Waals surface area contributed by atoms with E-state index in [2.05, 4.69) is 20.6 Å². The van der Waals surface area contributed by atoms with Crippen molar-refractivity contribution >= 4 is 35.2 Å². The molecule has 2 heterocycles. The molecular formula is C10H13N5O2S. The summed E-state index contributed by atoms with van der Waals surface area (Å²) in [5, 5.41) is 5.77. The molecule has 2 rings (SSSR count). The molecule has 1 aromatic heterocycles. The van der Waals surface area contributed by atoms with Crippen LogP contribution in [0.1, 0.15) is 0 Å². The van der Waals surface area contributed by atoms with Crippen LogP contribution in [0.3, 0.4) is 0 Å². The van der Waals surface area contributed by atoms with Crippen molar-refractivity contribution in [2.75, 3.05) is 36.6 Å². The fourth-order valence-electron chi connectivity index (χ4n) is 1.59. The van der Waals surface area contributed by atoms with Crippen molar-refractivity contribution in [3.8, 4) is 0 Å². The maximum Gasteiger partial charge on any atom is 0.246 e. The number of imide groups is 1. The van der Waals surface area contributed by atoms with E-state index in [1.165, 1.54) is 11.8 Å². The predicted molar refractivity (Wildman–Crippen MR) is 68.7 cm³/mol. The smallest absolute Gasteiger partial charge is 0.246 e. The highest BCUT2D eigenvalue weighted by Gasteiger charge is 2.24. The highest BCUT2D eigenvalue weighted by Crippen LogP contribution is 2.20. The van der Waals surface area contributed by atoms with E-state index in [1.54, 1.807) is 18.0 Å². The van der Waals surface area contributed by atoms with Crippen molar-refractivity contribution < 1.29 is 9.59 Å². The van der Waals surface area contributed by atoms with Gasteiger partial charge in [-0.15, -0.1) is 0 Å². The molecular weight excluding hydrogens is 254 g/mol. The third kappa shape index (κ3) is 2.70. The van der Waals surface area contributed by atoms with Crippen molar-refractivity contribution in [1.29, 1.82) is 0 Å². The first-order valence-corrected chi connectivity index (χ1v) is 6.53. The number of hydrogen-bond acceptors (Lipinski definition) is 7. The Labute approximate surface area is 108 Å². The minimum atomic E-state index is -0.318. The van der Waals surface area contributed by atoms with Gasteiger partial charge in [-0.05, 0) is 6.26 Å². The Bertz CT molecular complexity index is 455. The van der Waals surface area contributed by atoms with Gasteiger partial charge in [0.25, 0.3) is 0 Å². The third-order valence-electron chi connectivity index (χ3n) is 2.40. The predicted octanol–water partition coefficient (Wildman–Crippen LogP) is -0.297. The van der Waals surface area contributed by atoms with Crippen LogP contribution in [-0.4, -0.2) is 48.2 Å². The van der Waals surface area contributed by atoms with Gasteiger partial charge in [0.2, 0.25) is 11.8 Å². The van der Waals surface area contributed by atoms with Gasteiger partial charge in [-0.1, -0.05) is 11.8 Å². The minimum absolute atomic E-state index is 0.125. The van der Waals surface area contributed by atoms with Gasteiger partial charge in [-0.3, -0.25) is 14.9 Å². The van der Waals surface area contributed by atoms with Crippen LogP contribution in [-0.2, 0) is 9.59 Å². The number of hydrogen-bond donors (Lipinski definition) is 2. The van der Waals surface area contributed by atoms with Crippen molar-refractivity contribution in [2.24, 2.45) is 0 Å². The maximum absolute atomic E-state index is 11.3. The summed E-state index contributed by atoms with van der Waals surface area (Å²) in [4.78, 5) is 32.8. The summed E-state index contributed by atoms with van der Waals surface area (Å²) < 4.78 is 0. The summed E-state index contributed by atoms with van der Waals surface area (Å²) in [7, 11) is 1.75. The molecule has 0 aliphatic carbocycles. The lowest BCUT2D eigenvalue weighted by Gasteiger charge is -2.26. The average molecular weight is 267 g/mol. The lowest BCUT2D eigenvalue weighted by atomic mass is 10.3. The van der Waals surface area contributed by atoms with Crippen LogP contribution in [0, 0.1) is 0 Å². The van der Waals surface area contributed by atoms with E-state index in [9.17, 15) is 9.59 Å². The van der Waals surface area contributed by atoms with Gasteiger partial charge in [0.15, 0.2) is 5.16 Å². The summed E-state index contributed by atoms with van der Waals surface area (Å²) in [5.41, 5.74) is 0. The zero-order chi connectivity index (χ0) is 13.1. The van der Waals surface area contributed by atoms with E-state index in [-0.39, 0.29) is 24.9 Å². The molecule has 18 heavy (non-hydrogen) atoms. The van der Waals surface area contributed by atoms with E-state index in [0.717, 1.165) is 0 Å². The Balaban J connectivity index is 2.31. The Hall–Kier alpha value is -1.83. The second-order valence-corrected chi connectivity index (χ2v) is 4.45. The van der Waals surface area contributed by atoms with E-state index >= 15 is 0 Å². The largest absolute Gasteiger partial charge is 0.373 e. The van der Waals surface area contributed by atoms with Crippen molar-refractivity contribution in [1.82, 2.24) is 15.3 Å². The molecule has 0 radical (unpaired) electrons. The monoisotopic (exact) mass is 267 g/mol. The molecule has 2 amide bonds. The van der Waals surface area contributed by atoms with Crippen molar-refractivity contribution in [3.05, 3.63) is 6.07 Å². The summed E-state index contributed by atoms with van der Waals surface area (Å²) in [6.45, 7) is 0.249. The van der Waals surface area contributed by atoms with E-state index < -0.39 is 0 Å². The number of nitrogens with zero attached hydrogens (tertiary/aromatic N) is 3. The molecule has 0 saturated carbocycles. The van der Waals surface area contributed by atoms with Crippen LogP contribution in [0.2, 0.25) is 0 Å². The second kappa shape index (κ2) is 5.21. The number of thioether (sulfide) groups is 1. The van der Waals surface area contributed by atoms with Crippen LogP contribution in [0.5, 0.6) is 0 Å². The number of amides is 2. The first-order valence-electron chi connectivity index (χ1n) is 5.31. The minimum Gasteiger partial charge on any atom is -0.373 e. The summed E-state index contributed by atoms with van der Waals surface area (Å²) in [6.07, 6.45) is 1.87. The van der Waals surface area contributed by atoms with Crippen molar-refractivity contribution in [3.63, 3.8) is 0 Å². The summed E-state index contributed by atoms with van der Waals surface area (Å²) in [5.74, 6) is 0.591. The number of nitrogens with one attached hydrogen (secondary N) is 2. The van der Waals surface area contributed by atoms with E-state index in [0.29, 0.717) is 16.8 Å². The Kier molecular flexibility index (Phi) is 3.66. The molecule has 1 fully saturated rings. The number of carbonyl (C=O) groups excluding carboxylic acids is 2. The van der Waals surface area contributed by atoms with Gasteiger partial charge < -0.3 is 10.2 Å². The second-order valence-electron chi connectivity index (χ2n) is 3.68. The molecule has 8 heteroatoms. The number of anilines is 2. The SMILES string of the molecule is CNc1cc(N2CC(=O)NC(=O)C2)nc(SC)n1. The Morgan fingerprint density at radius 2 is 2.00 bits per heavy atom. The Morgan fingerprint density at radius 1 is 1.33 bits per heavy atom. The molecule has 0 unspecified atom stereocenters. The molecule has 0 aromatic carbocycles. The molecule has 96 valence electrons. The summed E-state index contributed by atoms with van der Waals surface area (Å²) >= 11 is 1.40. The van der Waals surface area contributed by atoms with E-state index in [4.69, 9.17) is 0 Å². The van der Waals surface area contributed by atoms with Gasteiger partial charge in [0.1, 0.15) is 11.6 Å². The lowest BCUT2D eigenvalue weighted by molar-refractivity contribution is -0.130. The standard InChI is InChI=1S/C10H13N5O2S/c1-11-6-3-7(13-10(12-6)18-2)15-4-8(16)14-9(17)5-15/h3H,4-5H2,1-2H3,(H,11,12,13)(H,14,16,17). The number of carbonyl (C=O) groups is 2. The summed E-state index contributed by atoms with van der Waals surface area (Å²) in [6, 6.07) is 1.71. The molecule has 0 bridgehead atoms. The molecule has 1 aliphatic rings. The van der Waals surface area contributed by atoms with Gasteiger partial charge in [-0.25, -0.2) is 9.97 Å². The zero-order valence-electron chi connectivity index (χ0n) is 10.1. The van der Waals surface area contributed by atoms with Crippen LogP contribution in [0.25, 0.3) is 0 Å². The maximum atomic E-state index is 11.3. The van der Waals surface area contributed by atoms with Crippen molar-refractivity contribution in [2.45, 2.75) is 5.16 Å². The molecule has 7 nitrogen and oxygen atoms in total. The molecule has 2 N–H and O–H groups in total.